The molecule has 1 unspecified atom stereocenters. The third kappa shape index (κ3) is 1.90. The predicted molar refractivity (Wildman–Crippen MR) is 58.0 cm³/mol. The van der Waals surface area contributed by atoms with Crippen molar-refractivity contribution >= 4 is 23.5 Å². The SMILES string of the molecule is CCC1C(=O)NCCN1C(=O)c1cnsn1. The fourth-order valence-corrected chi connectivity index (χ4v) is 2.18. The van der Waals surface area contributed by atoms with Crippen LogP contribution < -0.4 is 5.32 Å². The molecule has 1 atom stereocenters. The van der Waals surface area contributed by atoms with E-state index in [0.717, 1.165) is 11.7 Å². The smallest absolute Gasteiger partial charge is 0.275 e. The molecule has 0 saturated carbocycles. The zero-order valence-electron chi connectivity index (χ0n) is 8.84. The summed E-state index contributed by atoms with van der Waals surface area (Å²) in [5.41, 5.74) is 0.318. The Kier molecular flexibility index (Phi) is 3.14. The van der Waals surface area contributed by atoms with Crippen molar-refractivity contribution in [3.8, 4) is 0 Å². The third-order valence-corrected chi connectivity index (χ3v) is 3.04. The van der Waals surface area contributed by atoms with E-state index in [-0.39, 0.29) is 17.9 Å². The average Bonchev–Trinajstić information content (AvgIpc) is 2.81. The van der Waals surface area contributed by atoms with Crippen molar-refractivity contribution in [2.24, 2.45) is 0 Å². The van der Waals surface area contributed by atoms with E-state index in [4.69, 9.17) is 0 Å². The van der Waals surface area contributed by atoms with Crippen molar-refractivity contribution in [3.05, 3.63) is 11.9 Å². The van der Waals surface area contributed by atoms with Crippen molar-refractivity contribution in [2.45, 2.75) is 19.4 Å². The van der Waals surface area contributed by atoms with Crippen LogP contribution in [0.5, 0.6) is 0 Å². The lowest BCUT2D eigenvalue weighted by atomic mass is 10.1. The molecule has 7 heteroatoms. The molecule has 2 rings (SSSR count). The van der Waals surface area contributed by atoms with Crippen LogP contribution in [-0.2, 0) is 4.79 Å². The van der Waals surface area contributed by atoms with Gasteiger partial charge in [0.05, 0.1) is 17.9 Å². The molecule has 1 aromatic heterocycles. The Labute approximate surface area is 97.0 Å². The molecular formula is C9H12N4O2S. The number of aromatic nitrogens is 2. The van der Waals surface area contributed by atoms with Crippen molar-refractivity contribution < 1.29 is 9.59 Å². The fraction of sp³-hybridized carbons (Fsp3) is 0.556. The van der Waals surface area contributed by atoms with Crippen LogP contribution >= 0.6 is 11.7 Å². The van der Waals surface area contributed by atoms with E-state index < -0.39 is 0 Å². The van der Waals surface area contributed by atoms with Crippen LogP contribution in [0.1, 0.15) is 23.8 Å². The molecule has 2 amide bonds. The summed E-state index contributed by atoms with van der Waals surface area (Å²) in [6, 6.07) is -0.386. The Morgan fingerprint density at radius 3 is 3.19 bits per heavy atom. The number of hydrogen-bond donors (Lipinski definition) is 1. The van der Waals surface area contributed by atoms with Gasteiger partial charge in [0.25, 0.3) is 5.91 Å². The molecular weight excluding hydrogens is 228 g/mol. The van der Waals surface area contributed by atoms with E-state index in [1.165, 1.54) is 6.20 Å². The highest BCUT2D eigenvalue weighted by Crippen LogP contribution is 2.12. The van der Waals surface area contributed by atoms with Gasteiger partial charge in [0.1, 0.15) is 6.04 Å². The Balaban J connectivity index is 2.18. The summed E-state index contributed by atoms with van der Waals surface area (Å²) in [4.78, 5) is 25.2. The molecule has 0 aliphatic carbocycles. The number of carbonyl (C=O) groups excluding carboxylic acids is 2. The van der Waals surface area contributed by atoms with Gasteiger partial charge in [0, 0.05) is 13.1 Å². The molecule has 1 saturated heterocycles. The fourth-order valence-electron chi connectivity index (χ4n) is 1.77. The number of carbonyl (C=O) groups is 2. The Morgan fingerprint density at radius 1 is 1.75 bits per heavy atom. The highest BCUT2D eigenvalue weighted by Gasteiger charge is 2.32. The van der Waals surface area contributed by atoms with Crippen LogP contribution in [0.25, 0.3) is 0 Å². The molecule has 86 valence electrons. The molecule has 16 heavy (non-hydrogen) atoms. The highest BCUT2D eigenvalue weighted by atomic mass is 32.1. The van der Waals surface area contributed by atoms with Gasteiger partial charge in [-0.2, -0.15) is 8.75 Å². The summed E-state index contributed by atoms with van der Waals surface area (Å²) < 4.78 is 7.68. The first-order valence-electron chi connectivity index (χ1n) is 5.10. The molecule has 0 radical (unpaired) electrons. The van der Waals surface area contributed by atoms with Crippen molar-refractivity contribution in [2.75, 3.05) is 13.1 Å². The summed E-state index contributed by atoms with van der Waals surface area (Å²) in [5, 5.41) is 2.75. The highest BCUT2D eigenvalue weighted by molar-refractivity contribution is 6.99. The summed E-state index contributed by atoms with van der Waals surface area (Å²) >= 11 is 0.993. The van der Waals surface area contributed by atoms with Crippen LogP contribution in [-0.4, -0.2) is 44.6 Å². The van der Waals surface area contributed by atoms with Crippen LogP contribution in [0.3, 0.4) is 0 Å². The minimum absolute atomic E-state index is 0.0923. The summed E-state index contributed by atoms with van der Waals surface area (Å²) in [6.07, 6.45) is 2.04. The summed E-state index contributed by atoms with van der Waals surface area (Å²) in [5.74, 6) is -0.305. The molecule has 0 aromatic carbocycles. The number of nitrogens with one attached hydrogen (secondary N) is 1. The second-order valence-electron chi connectivity index (χ2n) is 3.51. The van der Waals surface area contributed by atoms with Crippen LogP contribution in [0.4, 0.5) is 0 Å². The number of amides is 2. The van der Waals surface area contributed by atoms with E-state index in [9.17, 15) is 9.59 Å². The maximum Gasteiger partial charge on any atom is 0.275 e. The number of piperazine rings is 1. The summed E-state index contributed by atoms with van der Waals surface area (Å²) in [7, 11) is 0. The van der Waals surface area contributed by atoms with Gasteiger partial charge in [0.15, 0.2) is 5.69 Å². The monoisotopic (exact) mass is 240 g/mol. The van der Waals surface area contributed by atoms with Gasteiger partial charge in [-0.15, -0.1) is 0 Å². The zero-order valence-corrected chi connectivity index (χ0v) is 9.66. The Hall–Kier alpha value is -1.50. The molecule has 6 nitrogen and oxygen atoms in total. The first-order valence-corrected chi connectivity index (χ1v) is 5.83. The molecule has 0 bridgehead atoms. The first-order chi connectivity index (χ1) is 7.74. The first kappa shape index (κ1) is 11.0. The molecule has 1 aliphatic rings. The molecule has 1 aromatic rings. The second kappa shape index (κ2) is 4.56. The molecule has 1 N–H and O–H groups in total. The minimum Gasteiger partial charge on any atom is -0.353 e. The number of rotatable bonds is 2. The van der Waals surface area contributed by atoms with Gasteiger partial charge in [-0.05, 0) is 6.42 Å². The number of hydrogen-bond acceptors (Lipinski definition) is 5. The average molecular weight is 240 g/mol. The molecule has 1 aliphatic heterocycles. The number of nitrogens with zero attached hydrogens (tertiary/aromatic N) is 3. The van der Waals surface area contributed by atoms with Crippen LogP contribution in [0.2, 0.25) is 0 Å². The lowest BCUT2D eigenvalue weighted by Gasteiger charge is -2.33. The van der Waals surface area contributed by atoms with Crippen LogP contribution in [0, 0.1) is 0 Å². The van der Waals surface area contributed by atoms with E-state index in [1.807, 2.05) is 6.92 Å². The Bertz CT molecular complexity index is 392. The zero-order chi connectivity index (χ0) is 11.5. The van der Waals surface area contributed by atoms with Crippen molar-refractivity contribution in [1.82, 2.24) is 19.0 Å². The van der Waals surface area contributed by atoms with Gasteiger partial charge in [-0.3, -0.25) is 9.59 Å². The summed E-state index contributed by atoms with van der Waals surface area (Å²) in [6.45, 7) is 2.91. The van der Waals surface area contributed by atoms with E-state index in [1.54, 1.807) is 4.90 Å². The maximum atomic E-state index is 12.0. The molecule has 1 fully saturated rings. The van der Waals surface area contributed by atoms with E-state index in [0.29, 0.717) is 25.2 Å². The normalized spacial score (nSPS) is 20.7. The van der Waals surface area contributed by atoms with Crippen molar-refractivity contribution in [3.63, 3.8) is 0 Å². The van der Waals surface area contributed by atoms with Gasteiger partial charge in [-0.1, -0.05) is 6.92 Å². The van der Waals surface area contributed by atoms with Gasteiger partial charge >= 0.3 is 0 Å². The quantitative estimate of drug-likeness (QED) is 0.782. The second-order valence-corrected chi connectivity index (χ2v) is 4.06. The van der Waals surface area contributed by atoms with Crippen LogP contribution in [0.15, 0.2) is 6.20 Å². The third-order valence-electron chi connectivity index (χ3n) is 2.56. The van der Waals surface area contributed by atoms with Gasteiger partial charge in [-0.25, -0.2) is 0 Å². The molecule has 0 spiro atoms. The topological polar surface area (TPSA) is 75.2 Å². The standard InChI is InChI=1S/C9H12N4O2S/c1-2-7-8(14)10-3-4-13(7)9(15)6-5-11-16-12-6/h5,7H,2-4H2,1H3,(H,10,14). The van der Waals surface area contributed by atoms with Gasteiger partial charge in [0.2, 0.25) is 5.91 Å². The van der Waals surface area contributed by atoms with E-state index in [2.05, 4.69) is 14.1 Å². The molecule has 2 heterocycles. The predicted octanol–water partition coefficient (Wildman–Crippen LogP) is -0.111. The van der Waals surface area contributed by atoms with Crippen molar-refractivity contribution in [1.29, 1.82) is 0 Å². The Morgan fingerprint density at radius 2 is 2.56 bits per heavy atom. The maximum absolute atomic E-state index is 12.0. The minimum atomic E-state index is -0.386. The lowest BCUT2D eigenvalue weighted by Crippen LogP contribution is -2.56. The van der Waals surface area contributed by atoms with E-state index >= 15 is 0 Å². The lowest BCUT2D eigenvalue weighted by molar-refractivity contribution is -0.127. The largest absolute Gasteiger partial charge is 0.353 e. The van der Waals surface area contributed by atoms with Gasteiger partial charge < -0.3 is 10.2 Å².